The van der Waals surface area contributed by atoms with Gasteiger partial charge < -0.3 is 10.1 Å². The summed E-state index contributed by atoms with van der Waals surface area (Å²) in [7, 11) is 0. The highest BCUT2D eigenvalue weighted by atomic mass is 19.4. The van der Waals surface area contributed by atoms with Gasteiger partial charge in [0.25, 0.3) is 0 Å². The molecule has 0 aliphatic carbocycles. The average molecular weight is 398 g/mol. The number of hydrogen-bond acceptors (Lipinski definition) is 3. The van der Waals surface area contributed by atoms with Crippen molar-refractivity contribution >= 4 is 6.09 Å². The minimum atomic E-state index is -4.95. The molecular weight excluding hydrogens is 378 g/mol. The van der Waals surface area contributed by atoms with E-state index in [0.717, 1.165) is 4.90 Å². The molecule has 2 rings (SSSR count). The summed E-state index contributed by atoms with van der Waals surface area (Å²) in [5, 5.41) is 2.89. The van der Waals surface area contributed by atoms with E-state index in [2.05, 4.69) is 5.32 Å². The highest BCUT2D eigenvalue weighted by Crippen LogP contribution is 2.38. The molecule has 1 fully saturated rings. The largest absolute Gasteiger partial charge is 0.444 e. The second-order valence-electron chi connectivity index (χ2n) is 7.23. The van der Waals surface area contributed by atoms with E-state index >= 15 is 0 Å². The fourth-order valence-corrected chi connectivity index (χ4v) is 2.71. The Bertz CT molecular complexity index is 662. The van der Waals surface area contributed by atoms with Crippen LogP contribution in [0.3, 0.4) is 0 Å². The number of nitrogens with one attached hydrogen (secondary N) is 1. The van der Waals surface area contributed by atoms with Crippen molar-refractivity contribution in [2.75, 3.05) is 19.6 Å². The number of benzene rings is 1. The van der Waals surface area contributed by atoms with E-state index in [9.17, 15) is 31.1 Å². The standard InChI is InChI=1S/C17H20F6N2O2/c1-15(2,3)27-14(26)25-5-4-24-9-13(25)10-6-11(16(18,19)20)8-12(7-10)17(21,22)23/h6-8,13,24H,4-5,9H2,1-3H3/t13-/m1/s1. The predicted molar refractivity (Wildman–Crippen MR) is 85.0 cm³/mol. The van der Waals surface area contributed by atoms with Crippen LogP contribution in [0.2, 0.25) is 0 Å². The Morgan fingerprint density at radius 1 is 1.04 bits per heavy atom. The summed E-state index contributed by atoms with van der Waals surface area (Å²) in [4.78, 5) is 13.5. The van der Waals surface area contributed by atoms with Gasteiger partial charge in [0.1, 0.15) is 5.60 Å². The second-order valence-corrected chi connectivity index (χ2v) is 7.23. The number of carbonyl (C=O) groups is 1. The molecular formula is C17H20F6N2O2. The number of ether oxygens (including phenoxy) is 1. The summed E-state index contributed by atoms with van der Waals surface area (Å²) in [5.41, 5.74) is -3.93. The molecule has 0 unspecified atom stereocenters. The minimum Gasteiger partial charge on any atom is -0.444 e. The molecule has 27 heavy (non-hydrogen) atoms. The number of amides is 1. The van der Waals surface area contributed by atoms with E-state index in [1.807, 2.05) is 0 Å². The van der Waals surface area contributed by atoms with Crippen LogP contribution in [0.4, 0.5) is 31.1 Å². The molecule has 152 valence electrons. The molecule has 0 aromatic heterocycles. The molecule has 0 spiro atoms. The van der Waals surface area contributed by atoms with Gasteiger partial charge in [0.05, 0.1) is 17.2 Å². The molecule has 1 aromatic rings. The van der Waals surface area contributed by atoms with Crippen LogP contribution >= 0.6 is 0 Å². The van der Waals surface area contributed by atoms with Crippen LogP contribution in [0.5, 0.6) is 0 Å². The first-order chi connectivity index (χ1) is 12.2. The van der Waals surface area contributed by atoms with Crippen molar-refractivity contribution in [1.82, 2.24) is 10.2 Å². The van der Waals surface area contributed by atoms with E-state index in [1.54, 1.807) is 20.8 Å². The zero-order valence-corrected chi connectivity index (χ0v) is 15.0. The summed E-state index contributed by atoms with van der Waals surface area (Å²) < 4.78 is 83.8. The molecule has 0 radical (unpaired) electrons. The first-order valence-electron chi connectivity index (χ1n) is 8.18. The van der Waals surface area contributed by atoms with Crippen LogP contribution in [0.25, 0.3) is 0 Å². The van der Waals surface area contributed by atoms with E-state index < -0.39 is 41.2 Å². The monoisotopic (exact) mass is 398 g/mol. The third kappa shape index (κ3) is 5.50. The Hall–Kier alpha value is -1.97. The van der Waals surface area contributed by atoms with Crippen molar-refractivity contribution in [2.24, 2.45) is 0 Å². The lowest BCUT2D eigenvalue weighted by Gasteiger charge is -2.37. The lowest BCUT2D eigenvalue weighted by Crippen LogP contribution is -2.50. The number of halogens is 6. The molecule has 1 saturated heterocycles. The number of carbonyl (C=O) groups excluding carboxylic acids is 1. The number of rotatable bonds is 1. The molecule has 4 nitrogen and oxygen atoms in total. The van der Waals surface area contributed by atoms with Crippen molar-refractivity contribution in [3.63, 3.8) is 0 Å². The van der Waals surface area contributed by atoms with Crippen molar-refractivity contribution in [3.05, 3.63) is 34.9 Å². The molecule has 1 amide bonds. The Balaban J connectivity index is 2.48. The van der Waals surface area contributed by atoms with Gasteiger partial charge in [0.15, 0.2) is 0 Å². The summed E-state index contributed by atoms with van der Waals surface area (Å²) in [6.07, 6.45) is -10.7. The summed E-state index contributed by atoms with van der Waals surface area (Å²) >= 11 is 0. The molecule has 1 aromatic carbocycles. The minimum absolute atomic E-state index is 0.0118. The van der Waals surface area contributed by atoms with Gasteiger partial charge in [-0.2, -0.15) is 26.3 Å². The summed E-state index contributed by atoms with van der Waals surface area (Å²) in [5.74, 6) is 0. The topological polar surface area (TPSA) is 41.6 Å². The van der Waals surface area contributed by atoms with Gasteiger partial charge in [-0.1, -0.05) is 0 Å². The van der Waals surface area contributed by atoms with Gasteiger partial charge in [0.2, 0.25) is 0 Å². The van der Waals surface area contributed by atoms with Crippen LogP contribution in [-0.2, 0) is 17.1 Å². The van der Waals surface area contributed by atoms with Gasteiger partial charge in [0, 0.05) is 19.6 Å². The molecule has 0 saturated carbocycles. The van der Waals surface area contributed by atoms with Gasteiger partial charge in [-0.15, -0.1) is 0 Å². The van der Waals surface area contributed by atoms with Crippen LogP contribution in [0.1, 0.15) is 43.5 Å². The van der Waals surface area contributed by atoms with E-state index in [4.69, 9.17) is 4.74 Å². The lowest BCUT2D eigenvalue weighted by molar-refractivity contribution is -0.143. The number of hydrogen-bond donors (Lipinski definition) is 1. The first kappa shape index (κ1) is 21.3. The molecule has 1 aliphatic rings. The third-order valence-electron chi connectivity index (χ3n) is 3.87. The zero-order valence-electron chi connectivity index (χ0n) is 15.0. The number of piperazine rings is 1. The maximum atomic E-state index is 13.1. The van der Waals surface area contributed by atoms with Gasteiger partial charge in [-0.3, -0.25) is 4.90 Å². The molecule has 1 aliphatic heterocycles. The van der Waals surface area contributed by atoms with Gasteiger partial charge in [-0.05, 0) is 44.5 Å². The fourth-order valence-electron chi connectivity index (χ4n) is 2.71. The normalized spacial score (nSPS) is 19.1. The third-order valence-corrected chi connectivity index (χ3v) is 3.87. The van der Waals surface area contributed by atoms with Crippen LogP contribution in [0, 0.1) is 0 Å². The van der Waals surface area contributed by atoms with Crippen molar-refractivity contribution in [2.45, 2.75) is 44.8 Å². The first-order valence-corrected chi connectivity index (χ1v) is 8.18. The molecule has 1 N–H and O–H groups in total. The highest BCUT2D eigenvalue weighted by Gasteiger charge is 2.39. The molecule has 1 atom stereocenters. The fraction of sp³-hybridized carbons (Fsp3) is 0.588. The van der Waals surface area contributed by atoms with Crippen molar-refractivity contribution in [3.8, 4) is 0 Å². The lowest BCUT2D eigenvalue weighted by atomic mass is 9.97. The highest BCUT2D eigenvalue weighted by molar-refractivity contribution is 5.69. The maximum absolute atomic E-state index is 13.1. The second kappa shape index (κ2) is 7.21. The summed E-state index contributed by atoms with van der Waals surface area (Å²) in [6, 6.07) is 0.337. The van der Waals surface area contributed by atoms with Crippen LogP contribution in [0.15, 0.2) is 18.2 Å². The SMILES string of the molecule is CC(C)(C)OC(=O)N1CCNC[C@@H]1c1cc(C(F)(F)F)cc(C(F)(F)F)c1. The summed E-state index contributed by atoms with van der Waals surface area (Å²) in [6.45, 7) is 5.31. The molecule has 10 heteroatoms. The van der Waals surface area contributed by atoms with E-state index in [-0.39, 0.29) is 24.7 Å². The van der Waals surface area contributed by atoms with Gasteiger partial charge in [-0.25, -0.2) is 4.79 Å². The van der Waals surface area contributed by atoms with Crippen LogP contribution < -0.4 is 5.32 Å². The van der Waals surface area contributed by atoms with Gasteiger partial charge >= 0.3 is 18.4 Å². The van der Waals surface area contributed by atoms with Crippen LogP contribution in [-0.4, -0.2) is 36.2 Å². The number of nitrogens with zero attached hydrogens (tertiary/aromatic N) is 1. The average Bonchev–Trinajstić information content (AvgIpc) is 2.51. The van der Waals surface area contributed by atoms with E-state index in [0.29, 0.717) is 18.7 Å². The van der Waals surface area contributed by atoms with E-state index in [1.165, 1.54) is 0 Å². The Morgan fingerprint density at radius 3 is 2.00 bits per heavy atom. The molecule has 1 heterocycles. The smallest absolute Gasteiger partial charge is 0.416 e. The Morgan fingerprint density at radius 2 is 1.56 bits per heavy atom. The quantitative estimate of drug-likeness (QED) is 0.703. The number of alkyl halides is 6. The zero-order chi connectivity index (χ0) is 20.6. The molecule has 0 bridgehead atoms. The Kier molecular flexibility index (Phi) is 5.70. The maximum Gasteiger partial charge on any atom is 0.416 e. The Labute approximate surface area is 152 Å². The van der Waals surface area contributed by atoms with Crippen molar-refractivity contribution < 1.29 is 35.9 Å². The van der Waals surface area contributed by atoms with Crippen molar-refractivity contribution in [1.29, 1.82) is 0 Å². The predicted octanol–water partition coefficient (Wildman–Crippen LogP) is 4.61.